The molecule has 2 aliphatic rings. The van der Waals surface area contributed by atoms with Crippen molar-refractivity contribution in [2.24, 2.45) is 0 Å². The van der Waals surface area contributed by atoms with Gasteiger partial charge in [0.05, 0.1) is 0 Å². The van der Waals surface area contributed by atoms with Gasteiger partial charge in [0, 0.05) is 23.7 Å². The number of nitrogens with zero attached hydrogens (tertiary/aromatic N) is 1. The van der Waals surface area contributed by atoms with Crippen LogP contribution in [-0.2, 0) is 0 Å². The largest absolute Gasteiger partial charge is 0.454 e. The molecule has 0 saturated carbocycles. The number of benzene rings is 1. The summed E-state index contributed by atoms with van der Waals surface area (Å²) in [7, 11) is 0. The third-order valence-corrected chi connectivity index (χ3v) is 5.24. The molecule has 26 heavy (non-hydrogen) atoms. The molecule has 1 aromatic carbocycles. The highest BCUT2D eigenvalue weighted by Gasteiger charge is 2.15. The van der Waals surface area contributed by atoms with Gasteiger partial charge in [0.15, 0.2) is 16.6 Å². The van der Waals surface area contributed by atoms with Crippen LogP contribution in [0.5, 0.6) is 11.5 Å². The van der Waals surface area contributed by atoms with Crippen molar-refractivity contribution in [3.8, 4) is 11.5 Å². The van der Waals surface area contributed by atoms with Crippen LogP contribution in [0, 0.1) is 0 Å². The summed E-state index contributed by atoms with van der Waals surface area (Å²) in [5.74, 6) is 1.32. The molecule has 0 fully saturated rings. The van der Waals surface area contributed by atoms with E-state index in [0.29, 0.717) is 23.1 Å². The van der Waals surface area contributed by atoms with Crippen molar-refractivity contribution in [2.45, 2.75) is 32.1 Å². The van der Waals surface area contributed by atoms with E-state index >= 15 is 0 Å². The predicted molar refractivity (Wildman–Crippen MR) is 101 cm³/mol. The Hall–Kier alpha value is -2.54. The van der Waals surface area contributed by atoms with Crippen LogP contribution in [0.2, 0.25) is 0 Å². The second-order valence-corrected chi connectivity index (χ2v) is 7.20. The third kappa shape index (κ3) is 3.99. The summed E-state index contributed by atoms with van der Waals surface area (Å²) < 4.78 is 10.7. The number of aromatic nitrogens is 1. The first-order chi connectivity index (χ1) is 12.8. The molecule has 0 radical (unpaired) electrons. The van der Waals surface area contributed by atoms with Gasteiger partial charge in [-0.1, -0.05) is 11.6 Å². The number of allylic oxidation sites excluding steroid dienone is 1. The van der Waals surface area contributed by atoms with Crippen LogP contribution in [-0.4, -0.2) is 24.2 Å². The fourth-order valence-corrected chi connectivity index (χ4v) is 3.80. The first-order valence-electron chi connectivity index (χ1n) is 8.86. The van der Waals surface area contributed by atoms with E-state index < -0.39 is 0 Å². The zero-order valence-electron chi connectivity index (χ0n) is 14.4. The van der Waals surface area contributed by atoms with E-state index in [2.05, 4.69) is 21.7 Å². The zero-order chi connectivity index (χ0) is 17.8. The number of thiazole rings is 1. The highest BCUT2D eigenvalue weighted by molar-refractivity contribution is 7.14. The number of amides is 1. The smallest absolute Gasteiger partial charge is 0.270 e. The van der Waals surface area contributed by atoms with Crippen molar-refractivity contribution in [3.63, 3.8) is 0 Å². The van der Waals surface area contributed by atoms with E-state index in [0.717, 1.165) is 24.3 Å². The standard InChI is InChI=1S/C19H21N3O3S/c23-18(20-9-8-13-4-2-1-3-5-13)15-11-26-19(22-15)21-14-6-7-16-17(10-14)25-12-24-16/h4,6-7,10-11H,1-3,5,8-9,12H2,(H,20,23)(H,21,22). The van der Waals surface area contributed by atoms with Gasteiger partial charge in [-0.3, -0.25) is 4.79 Å². The fourth-order valence-electron chi connectivity index (χ4n) is 3.09. The Kier molecular flexibility index (Phi) is 5.06. The van der Waals surface area contributed by atoms with Gasteiger partial charge in [-0.05, 0) is 44.2 Å². The number of ether oxygens (including phenoxy) is 2. The molecule has 4 rings (SSSR count). The lowest BCUT2D eigenvalue weighted by Crippen LogP contribution is -2.25. The van der Waals surface area contributed by atoms with Crippen molar-refractivity contribution in [2.75, 3.05) is 18.7 Å². The van der Waals surface area contributed by atoms with Crippen molar-refractivity contribution >= 4 is 28.1 Å². The molecule has 1 amide bonds. The van der Waals surface area contributed by atoms with Gasteiger partial charge in [0.2, 0.25) is 6.79 Å². The quantitative estimate of drug-likeness (QED) is 0.743. The van der Waals surface area contributed by atoms with Gasteiger partial charge in [-0.15, -0.1) is 11.3 Å². The Morgan fingerprint density at radius 3 is 3.04 bits per heavy atom. The van der Waals surface area contributed by atoms with Crippen LogP contribution in [0.25, 0.3) is 0 Å². The van der Waals surface area contributed by atoms with Crippen LogP contribution >= 0.6 is 11.3 Å². The Balaban J connectivity index is 1.31. The number of carbonyl (C=O) groups is 1. The molecular weight excluding hydrogens is 350 g/mol. The average molecular weight is 371 g/mol. The zero-order valence-corrected chi connectivity index (χ0v) is 15.2. The molecule has 7 heteroatoms. The van der Waals surface area contributed by atoms with E-state index in [-0.39, 0.29) is 12.7 Å². The monoisotopic (exact) mass is 371 g/mol. The summed E-state index contributed by atoms with van der Waals surface area (Å²) >= 11 is 1.40. The number of hydrogen-bond acceptors (Lipinski definition) is 6. The van der Waals surface area contributed by atoms with E-state index in [9.17, 15) is 4.79 Å². The molecule has 2 heterocycles. The third-order valence-electron chi connectivity index (χ3n) is 4.48. The Morgan fingerprint density at radius 1 is 1.23 bits per heavy atom. The molecule has 136 valence electrons. The maximum atomic E-state index is 12.3. The molecule has 1 aromatic heterocycles. The molecule has 2 N–H and O–H groups in total. The fraction of sp³-hybridized carbons (Fsp3) is 0.368. The number of carbonyl (C=O) groups excluding carboxylic acids is 1. The van der Waals surface area contributed by atoms with Gasteiger partial charge >= 0.3 is 0 Å². The number of nitrogens with one attached hydrogen (secondary N) is 2. The minimum Gasteiger partial charge on any atom is -0.454 e. The maximum Gasteiger partial charge on any atom is 0.270 e. The number of anilines is 2. The number of rotatable bonds is 6. The van der Waals surface area contributed by atoms with Gasteiger partial charge in [0.1, 0.15) is 5.69 Å². The van der Waals surface area contributed by atoms with Gasteiger partial charge < -0.3 is 20.1 Å². The summed E-state index contributed by atoms with van der Waals surface area (Å²) in [6.07, 6.45) is 8.12. The van der Waals surface area contributed by atoms with Crippen LogP contribution in [0.15, 0.2) is 35.2 Å². The molecule has 1 aliphatic heterocycles. The Labute approximate surface area is 156 Å². The van der Waals surface area contributed by atoms with E-state index in [1.807, 2.05) is 18.2 Å². The van der Waals surface area contributed by atoms with Crippen molar-refractivity contribution < 1.29 is 14.3 Å². The van der Waals surface area contributed by atoms with Gasteiger partial charge in [-0.2, -0.15) is 0 Å². The first-order valence-corrected chi connectivity index (χ1v) is 9.74. The van der Waals surface area contributed by atoms with Gasteiger partial charge in [-0.25, -0.2) is 4.98 Å². The topological polar surface area (TPSA) is 72.5 Å². The summed E-state index contributed by atoms with van der Waals surface area (Å²) in [5.41, 5.74) is 2.75. The Bertz CT molecular complexity index is 831. The van der Waals surface area contributed by atoms with E-state index in [1.54, 1.807) is 5.38 Å². The average Bonchev–Trinajstić information content (AvgIpc) is 3.31. The molecule has 6 nitrogen and oxygen atoms in total. The highest BCUT2D eigenvalue weighted by Crippen LogP contribution is 2.35. The number of fused-ring (bicyclic) bond motifs is 1. The summed E-state index contributed by atoms with van der Waals surface area (Å²) in [6, 6.07) is 5.61. The summed E-state index contributed by atoms with van der Waals surface area (Å²) in [4.78, 5) is 16.6. The first kappa shape index (κ1) is 16.9. The molecule has 0 unspecified atom stereocenters. The van der Waals surface area contributed by atoms with Crippen molar-refractivity contribution in [1.82, 2.24) is 10.3 Å². The van der Waals surface area contributed by atoms with Gasteiger partial charge in [0.25, 0.3) is 5.91 Å². The minimum atomic E-state index is -0.128. The minimum absolute atomic E-state index is 0.128. The van der Waals surface area contributed by atoms with Crippen LogP contribution < -0.4 is 20.1 Å². The molecule has 0 saturated heterocycles. The van der Waals surface area contributed by atoms with Crippen molar-refractivity contribution in [1.29, 1.82) is 0 Å². The molecule has 0 spiro atoms. The summed E-state index contributed by atoms with van der Waals surface area (Å²) in [6.45, 7) is 0.907. The molecule has 1 aliphatic carbocycles. The highest BCUT2D eigenvalue weighted by atomic mass is 32.1. The molecule has 0 bridgehead atoms. The lowest BCUT2D eigenvalue weighted by atomic mass is 9.97. The van der Waals surface area contributed by atoms with Crippen LogP contribution in [0.3, 0.4) is 0 Å². The predicted octanol–water partition coefficient (Wildman–Crippen LogP) is 4.24. The van der Waals surface area contributed by atoms with Crippen molar-refractivity contribution in [3.05, 3.63) is 40.9 Å². The second-order valence-electron chi connectivity index (χ2n) is 6.34. The second kappa shape index (κ2) is 7.78. The maximum absolute atomic E-state index is 12.3. The van der Waals surface area contributed by atoms with E-state index in [1.165, 1.54) is 36.2 Å². The van der Waals surface area contributed by atoms with Crippen LogP contribution in [0.1, 0.15) is 42.6 Å². The number of hydrogen-bond donors (Lipinski definition) is 2. The molecular formula is C19H21N3O3S. The summed E-state index contributed by atoms with van der Waals surface area (Å²) in [5, 5.41) is 8.60. The molecule has 0 atom stereocenters. The lowest BCUT2D eigenvalue weighted by molar-refractivity contribution is 0.0950. The Morgan fingerprint density at radius 2 is 2.15 bits per heavy atom. The van der Waals surface area contributed by atoms with E-state index in [4.69, 9.17) is 9.47 Å². The SMILES string of the molecule is O=C(NCCC1=CCCCC1)c1csc(Nc2ccc3c(c2)OCO3)n1. The lowest BCUT2D eigenvalue weighted by Gasteiger charge is -2.12. The normalized spacial score (nSPS) is 15.5. The van der Waals surface area contributed by atoms with Crippen LogP contribution in [0.4, 0.5) is 10.8 Å². The molecule has 2 aromatic rings.